The zero-order valence-corrected chi connectivity index (χ0v) is 8.49. The molecule has 0 atom stereocenters. The minimum absolute atomic E-state index is 0.0187. The van der Waals surface area contributed by atoms with E-state index in [2.05, 4.69) is 10.3 Å². The van der Waals surface area contributed by atoms with Gasteiger partial charge >= 0.3 is 5.97 Å². The molecule has 0 radical (unpaired) electrons. The number of aromatic nitrogens is 3. The van der Waals surface area contributed by atoms with Crippen LogP contribution in [0.15, 0.2) is 30.5 Å². The Morgan fingerprint density at radius 2 is 2.06 bits per heavy atom. The third-order valence-electron chi connectivity index (χ3n) is 2.09. The zero-order valence-electron chi connectivity index (χ0n) is 8.49. The maximum atomic E-state index is 10.9. The molecule has 0 amide bonds. The highest BCUT2D eigenvalue weighted by molar-refractivity contribution is 5.85. The van der Waals surface area contributed by atoms with Crippen molar-refractivity contribution in [3.63, 3.8) is 0 Å². The summed E-state index contributed by atoms with van der Waals surface area (Å²) in [5.74, 6) is -0.374. The van der Waals surface area contributed by atoms with E-state index >= 15 is 0 Å². The lowest BCUT2D eigenvalue weighted by atomic mass is 10.3. The molecule has 0 aliphatic heterocycles. The van der Waals surface area contributed by atoms with Crippen molar-refractivity contribution in [2.45, 2.75) is 0 Å². The highest BCUT2D eigenvalue weighted by atomic mass is 16.5. The van der Waals surface area contributed by atoms with Gasteiger partial charge in [0, 0.05) is 0 Å². The van der Waals surface area contributed by atoms with Crippen LogP contribution in [0.1, 0.15) is 10.5 Å². The molecule has 0 aliphatic carbocycles. The SMILES string of the molecule is COc1ccc(-n2nncc2C(=O)O)cc1. The van der Waals surface area contributed by atoms with Crippen LogP contribution < -0.4 is 4.74 Å². The monoisotopic (exact) mass is 219 g/mol. The van der Waals surface area contributed by atoms with E-state index in [0.29, 0.717) is 11.4 Å². The number of benzene rings is 1. The second kappa shape index (κ2) is 4.01. The van der Waals surface area contributed by atoms with Gasteiger partial charge in [0.2, 0.25) is 0 Å². The zero-order chi connectivity index (χ0) is 11.5. The Kier molecular flexibility index (Phi) is 2.55. The fraction of sp³-hybridized carbons (Fsp3) is 0.100. The Morgan fingerprint density at radius 3 is 2.62 bits per heavy atom. The standard InChI is InChI=1S/C10H9N3O3/c1-16-8-4-2-7(3-5-8)13-9(10(14)15)6-11-12-13/h2-6H,1H3,(H,14,15). The summed E-state index contributed by atoms with van der Waals surface area (Å²) in [5, 5.41) is 16.2. The maximum Gasteiger partial charge on any atom is 0.356 e. The van der Waals surface area contributed by atoms with Crippen molar-refractivity contribution in [1.82, 2.24) is 15.0 Å². The average Bonchev–Trinajstić information content (AvgIpc) is 2.78. The Balaban J connectivity index is 2.42. The quantitative estimate of drug-likeness (QED) is 0.832. The average molecular weight is 219 g/mol. The van der Waals surface area contributed by atoms with Crippen molar-refractivity contribution in [2.24, 2.45) is 0 Å². The molecule has 0 saturated carbocycles. The van der Waals surface area contributed by atoms with Gasteiger partial charge in [-0.3, -0.25) is 0 Å². The molecule has 1 N–H and O–H groups in total. The van der Waals surface area contributed by atoms with Crippen LogP contribution in [0.25, 0.3) is 5.69 Å². The van der Waals surface area contributed by atoms with Crippen molar-refractivity contribution in [1.29, 1.82) is 0 Å². The number of aromatic carboxylic acids is 1. The van der Waals surface area contributed by atoms with E-state index < -0.39 is 5.97 Å². The summed E-state index contributed by atoms with van der Waals surface area (Å²) in [7, 11) is 1.56. The first kappa shape index (κ1) is 10.2. The van der Waals surface area contributed by atoms with Gasteiger partial charge in [0.05, 0.1) is 19.0 Å². The summed E-state index contributed by atoms with van der Waals surface area (Å²) in [4.78, 5) is 10.9. The topological polar surface area (TPSA) is 77.2 Å². The molecule has 1 aromatic heterocycles. The number of ether oxygens (including phenoxy) is 1. The van der Waals surface area contributed by atoms with Gasteiger partial charge in [-0.2, -0.15) is 0 Å². The number of nitrogens with zero attached hydrogens (tertiary/aromatic N) is 3. The first-order valence-electron chi connectivity index (χ1n) is 4.51. The van der Waals surface area contributed by atoms with Crippen LogP contribution >= 0.6 is 0 Å². The molecule has 0 unspecified atom stereocenters. The van der Waals surface area contributed by atoms with Crippen molar-refractivity contribution in [2.75, 3.05) is 7.11 Å². The van der Waals surface area contributed by atoms with Crippen LogP contribution in [0.5, 0.6) is 5.75 Å². The Bertz CT molecular complexity index is 504. The lowest BCUT2D eigenvalue weighted by molar-refractivity contribution is 0.0687. The van der Waals surface area contributed by atoms with E-state index in [-0.39, 0.29) is 5.69 Å². The Morgan fingerprint density at radius 1 is 1.38 bits per heavy atom. The molecule has 1 heterocycles. The smallest absolute Gasteiger partial charge is 0.356 e. The first-order valence-corrected chi connectivity index (χ1v) is 4.51. The second-order valence-corrected chi connectivity index (χ2v) is 3.03. The van der Waals surface area contributed by atoms with Crippen LogP contribution in [0.2, 0.25) is 0 Å². The van der Waals surface area contributed by atoms with E-state index in [1.807, 2.05) is 0 Å². The molecule has 1 aromatic carbocycles. The number of hydrogen-bond donors (Lipinski definition) is 1. The van der Waals surface area contributed by atoms with Gasteiger partial charge in [-0.05, 0) is 24.3 Å². The third kappa shape index (κ3) is 1.72. The molecule has 2 aromatic rings. The van der Waals surface area contributed by atoms with Gasteiger partial charge in [0.15, 0.2) is 5.69 Å². The maximum absolute atomic E-state index is 10.9. The van der Waals surface area contributed by atoms with Crippen LogP contribution in [0.4, 0.5) is 0 Å². The van der Waals surface area contributed by atoms with Gasteiger partial charge < -0.3 is 9.84 Å². The molecular formula is C10H9N3O3. The molecule has 0 fully saturated rings. The first-order chi connectivity index (χ1) is 7.72. The van der Waals surface area contributed by atoms with Crippen LogP contribution in [0.3, 0.4) is 0 Å². The number of carbonyl (C=O) groups is 1. The highest BCUT2D eigenvalue weighted by Gasteiger charge is 2.12. The van der Waals surface area contributed by atoms with Crippen molar-refractivity contribution in [3.05, 3.63) is 36.2 Å². The lowest BCUT2D eigenvalue weighted by Gasteiger charge is -2.04. The molecule has 6 nitrogen and oxygen atoms in total. The molecule has 16 heavy (non-hydrogen) atoms. The van der Waals surface area contributed by atoms with Crippen LogP contribution in [0, 0.1) is 0 Å². The van der Waals surface area contributed by atoms with Gasteiger partial charge in [-0.15, -0.1) is 5.10 Å². The fourth-order valence-corrected chi connectivity index (χ4v) is 1.29. The molecule has 0 bridgehead atoms. The number of hydrogen-bond acceptors (Lipinski definition) is 4. The normalized spacial score (nSPS) is 10.1. The number of methoxy groups -OCH3 is 1. The molecule has 0 aliphatic rings. The molecular weight excluding hydrogens is 210 g/mol. The molecule has 6 heteroatoms. The summed E-state index contributed by atoms with van der Waals surface area (Å²) in [6, 6.07) is 6.87. The number of carboxylic acids is 1. The summed E-state index contributed by atoms with van der Waals surface area (Å²) in [6.07, 6.45) is 1.20. The van der Waals surface area contributed by atoms with Crippen LogP contribution in [-0.4, -0.2) is 33.2 Å². The Hall–Kier alpha value is -2.37. The summed E-state index contributed by atoms with van der Waals surface area (Å²) < 4.78 is 6.25. The van der Waals surface area contributed by atoms with Gasteiger partial charge in [0.1, 0.15) is 5.75 Å². The lowest BCUT2D eigenvalue weighted by Crippen LogP contribution is -2.07. The summed E-state index contributed by atoms with van der Waals surface area (Å²) in [5.41, 5.74) is 0.640. The van der Waals surface area contributed by atoms with Crippen molar-refractivity contribution in [3.8, 4) is 11.4 Å². The van der Waals surface area contributed by atoms with Crippen molar-refractivity contribution >= 4 is 5.97 Å². The second-order valence-electron chi connectivity index (χ2n) is 3.03. The van der Waals surface area contributed by atoms with E-state index in [9.17, 15) is 4.79 Å². The van der Waals surface area contributed by atoms with Gasteiger partial charge in [-0.1, -0.05) is 5.21 Å². The van der Waals surface area contributed by atoms with E-state index in [1.54, 1.807) is 31.4 Å². The molecule has 82 valence electrons. The summed E-state index contributed by atoms with van der Waals surface area (Å²) >= 11 is 0. The molecule has 0 spiro atoms. The van der Waals surface area contributed by atoms with E-state index in [1.165, 1.54) is 10.9 Å². The third-order valence-corrected chi connectivity index (χ3v) is 2.09. The molecule has 2 rings (SSSR count). The number of carboxylic acid groups (broad SMARTS) is 1. The Labute approximate surface area is 91.1 Å². The number of rotatable bonds is 3. The van der Waals surface area contributed by atoms with Crippen molar-refractivity contribution < 1.29 is 14.6 Å². The van der Waals surface area contributed by atoms with E-state index in [0.717, 1.165) is 0 Å². The largest absolute Gasteiger partial charge is 0.497 e. The predicted molar refractivity (Wildman–Crippen MR) is 54.9 cm³/mol. The predicted octanol–water partition coefficient (Wildman–Crippen LogP) is 0.974. The van der Waals surface area contributed by atoms with Gasteiger partial charge in [0.25, 0.3) is 0 Å². The minimum Gasteiger partial charge on any atom is -0.497 e. The van der Waals surface area contributed by atoms with Crippen LogP contribution in [-0.2, 0) is 0 Å². The fourth-order valence-electron chi connectivity index (χ4n) is 1.29. The molecule has 0 saturated heterocycles. The minimum atomic E-state index is -1.07. The van der Waals surface area contributed by atoms with E-state index in [4.69, 9.17) is 9.84 Å². The summed E-state index contributed by atoms with van der Waals surface area (Å²) in [6.45, 7) is 0. The van der Waals surface area contributed by atoms with Gasteiger partial charge in [-0.25, -0.2) is 9.48 Å². The highest BCUT2D eigenvalue weighted by Crippen LogP contribution is 2.15.